The Hall–Kier alpha value is -6.20. The molecular weight excluding hydrogens is 550 g/mol. The van der Waals surface area contributed by atoms with Gasteiger partial charge < -0.3 is 13.5 Å². The van der Waals surface area contributed by atoms with Crippen LogP contribution >= 0.6 is 0 Å². The molecule has 5 aromatic carbocycles. The van der Waals surface area contributed by atoms with Crippen LogP contribution in [0.4, 0.5) is 0 Å². The van der Waals surface area contributed by atoms with Gasteiger partial charge >= 0.3 is 0 Å². The van der Waals surface area contributed by atoms with Gasteiger partial charge in [-0.15, -0.1) is 0 Å². The van der Waals surface area contributed by atoms with Gasteiger partial charge in [-0.2, -0.15) is 0 Å². The molecule has 6 aromatic heterocycles. The number of nitrogens with zero attached hydrogens (tertiary/aromatic N) is 5. The van der Waals surface area contributed by atoms with Crippen molar-refractivity contribution < 1.29 is 0 Å². The predicted octanol–water partition coefficient (Wildman–Crippen LogP) is 9.82. The minimum absolute atomic E-state index is 1.02. The molecule has 0 aliphatic heterocycles. The molecule has 208 valence electrons. The molecule has 0 unspecified atom stereocenters. The molecule has 5 nitrogen and oxygen atoms in total. The fourth-order valence-electron chi connectivity index (χ4n) is 7.91. The molecule has 6 heterocycles. The van der Waals surface area contributed by atoms with Gasteiger partial charge in [0.15, 0.2) is 0 Å². The Labute approximate surface area is 256 Å². The van der Waals surface area contributed by atoms with E-state index in [2.05, 4.69) is 153 Å². The van der Waals surface area contributed by atoms with E-state index in [4.69, 9.17) is 9.97 Å². The summed E-state index contributed by atoms with van der Waals surface area (Å²) in [5, 5.41) is 7.19. The van der Waals surface area contributed by atoms with Gasteiger partial charge in [-0.05, 0) is 36.4 Å². The van der Waals surface area contributed by atoms with Gasteiger partial charge in [-0.3, -0.25) is 9.97 Å². The van der Waals surface area contributed by atoms with Crippen molar-refractivity contribution in [1.82, 2.24) is 23.5 Å². The first-order valence-corrected chi connectivity index (χ1v) is 15.3. The molecule has 5 heteroatoms. The average molecular weight is 574 g/mol. The molecule has 0 radical (unpaired) electrons. The minimum Gasteiger partial charge on any atom is -0.307 e. The SMILES string of the molecule is c1ccc(-n2c3ccccc3c3ncc4c(c5cccc6c7c8c(ncc7n4c56)c4ccccc4n8-c4ccccc4)c32)cc1. The summed E-state index contributed by atoms with van der Waals surface area (Å²) in [6, 6.07) is 45.2. The maximum Gasteiger partial charge on any atom is 0.0971 e. The maximum atomic E-state index is 5.18. The lowest BCUT2D eigenvalue weighted by Crippen LogP contribution is -1.95. The fourth-order valence-corrected chi connectivity index (χ4v) is 7.91. The minimum atomic E-state index is 1.02. The molecule has 11 rings (SSSR count). The lowest BCUT2D eigenvalue weighted by Gasteiger charge is -2.09. The van der Waals surface area contributed by atoms with Crippen molar-refractivity contribution in [1.29, 1.82) is 0 Å². The number of pyridine rings is 2. The third kappa shape index (κ3) is 2.79. The molecule has 0 fully saturated rings. The second kappa shape index (κ2) is 8.24. The van der Waals surface area contributed by atoms with Crippen molar-refractivity contribution in [2.45, 2.75) is 0 Å². The van der Waals surface area contributed by atoms with E-state index >= 15 is 0 Å². The van der Waals surface area contributed by atoms with E-state index in [1.807, 2.05) is 0 Å². The number of para-hydroxylation sites is 5. The van der Waals surface area contributed by atoms with Crippen LogP contribution < -0.4 is 0 Å². The summed E-state index contributed by atoms with van der Waals surface area (Å²) in [5.41, 5.74) is 12.3. The zero-order valence-corrected chi connectivity index (χ0v) is 24.0. The summed E-state index contributed by atoms with van der Waals surface area (Å²) in [5.74, 6) is 0. The fraction of sp³-hybridized carbons (Fsp3) is 0. The molecule has 0 saturated heterocycles. The van der Waals surface area contributed by atoms with Crippen LogP contribution in [-0.2, 0) is 0 Å². The standard InChI is InChI=1S/C40H23N5/c1-3-12-24(13-4-1)43-30-20-9-7-16-26(30)36-39(43)34-28-18-11-19-29-35-33(45(38(28)29)32(34)22-41-36)23-42-37-27-17-8-10-21-31(27)44(40(35)37)25-14-5-2-6-15-25/h1-23H. The summed E-state index contributed by atoms with van der Waals surface area (Å²) in [6.07, 6.45) is 4.13. The molecular formula is C40H23N5. The monoisotopic (exact) mass is 573 g/mol. The Kier molecular flexibility index (Phi) is 4.26. The molecule has 0 bridgehead atoms. The van der Waals surface area contributed by atoms with Gasteiger partial charge in [-0.1, -0.05) is 91.0 Å². The smallest absolute Gasteiger partial charge is 0.0971 e. The highest BCUT2D eigenvalue weighted by molar-refractivity contribution is 6.33. The Balaban J connectivity index is 1.39. The number of fused-ring (bicyclic) bond motifs is 14. The normalized spacial score (nSPS) is 12.4. The summed E-state index contributed by atoms with van der Waals surface area (Å²) in [4.78, 5) is 10.4. The lowest BCUT2D eigenvalue weighted by atomic mass is 10.1. The second-order valence-corrected chi connectivity index (χ2v) is 11.8. The quantitative estimate of drug-likeness (QED) is 0.207. The van der Waals surface area contributed by atoms with Crippen LogP contribution in [0.25, 0.3) is 93.3 Å². The van der Waals surface area contributed by atoms with E-state index in [0.717, 1.165) is 66.3 Å². The summed E-state index contributed by atoms with van der Waals surface area (Å²) >= 11 is 0. The van der Waals surface area contributed by atoms with Gasteiger partial charge in [-0.25, -0.2) is 0 Å². The van der Waals surface area contributed by atoms with E-state index in [1.165, 1.54) is 27.1 Å². The first-order valence-electron chi connectivity index (χ1n) is 15.3. The summed E-state index contributed by atoms with van der Waals surface area (Å²) in [7, 11) is 0. The number of aromatic nitrogens is 5. The maximum absolute atomic E-state index is 5.18. The third-order valence-corrected chi connectivity index (χ3v) is 9.62. The molecule has 0 spiro atoms. The van der Waals surface area contributed by atoms with E-state index in [9.17, 15) is 0 Å². The topological polar surface area (TPSA) is 40.1 Å². The predicted molar refractivity (Wildman–Crippen MR) is 185 cm³/mol. The Morgan fingerprint density at radius 2 is 0.778 bits per heavy atom. The van der Waals surface area contributed by atoms with Crippen LogP contribution in [0.1, 0.15) is 0 Å². The molecule has 0 N–H and O–H groups in total. The van der Waals surface area contributed by atoms with Crippen molar-refractivity contribution in [3.8, 4) is 11.4 Å². The highest BCUT2D eigenvalue weighted by Gasteiger charge is 2.26. The van der Waals surface area contributed by atoms with Gasteiger partial charge in [0.05, 0.1) is 62.0 Å². The van der Waals surface area contributed by atoms with Crippen molar-refractivity contribution in [2.24, 2.45) is 0 Å². The summed E-state index contributed by atoms with van der Waals surface area (Å²) in [6.45, 7) is 0. The van der Waals surface area contributed by atoms with Crippen LogP contribution in [0.5, 0.6) is 0 Å². The molecule has 0 aliphatic carbocycles. The number of hydrogen-bond acceptors (Lipinski definition) is 2. The Bertz CT molecular complexity index is 2770. The van der Waals surface area contributed by atoms with Crippen LogP contribution in [0.3, 0.4) is 0 Å². The third-order valence-electron chi connectivity index (χ3n) is 9.62. The van der Waals surface area contributed by atoms with E-state index < -0.39 is 0 Å². The Morgan fingerprint density at radius 1 is 0.356 bits per heavy atom. The van der Waals surface area contributed by atoms with Crippen LogP contribution in [0, 0.1) is 0 Å². The van der Waals surface area contributed by atoms with Crippen molar-refractivity contribution in [2.75, 3.05) is 0 Å². The largest absolute Gasteiger partial charge is 0.307 e. The molecule has 0 atom stereocenters. The number of hydrogen-bond donors (Lipinski definition) is 0. The Morgan fingerprint density at radius 3 is 1.27 bits per heavy atom. The van der Waals surface area contributed by atoms with Gasteiger partial charge in [0.2, 0.25) is 0 Å². The first kappa shape index (κ1) is 23.3. The molecule has 0 aliphatic rings. The van der Waals surface area contributed by atoms with Crippen LogP contribution in [0.2, 0.25) is 0 Å². The van der Waals surface area contributed by atoms with Crippen molar-refractivity contribution >= 4 is 82.0 Å². The van der Waals surface area contributed by atoms with E-state index in [-0.39, 0.29) is 0 Å². The zero-order valence-electron chi connectivity index (χ0n) is 24.0. The lowest BCUT2D eigenvalue weighted by molar-refractivity contribution is 1.18. The highest BCUT2D eigenvalue weighted by atomic mass is 15.0. The number of benzene rings is 5. The number of rotatable bonds is 2. The van der Waals surface area contributed by atoms with Gasteiger partial charge in [0, 0.05) is 43.7 Å². The van der Waals surface area contributed by atoms with Gasteiger partial charge in [0.25, 0.3) is 0 Å². The van der Waals surface area contributed by atoms with E-state index in [1.54, 1.807) is 0 Å². The zero-order chi connectivity index (χ0) is 29.2. The first-order chi connectivity index (χ1) is 22.4. The van der Waals surface area contributed by atoms with Crippen LogP contribution in [0.15, 0.2) is 140 Å². The summed E-state index contributed by atoms with van der Waals surface area (Å²) < 4.78 is 7.16. The van der Waals surface area contributed by atoms with E-state index in [0.29, 0.717) is 0 Å². The van der Waals surface area contributed by atoms with Crippen molar-refractivity contribution in [3.63, 3.8) is 0 Å². The molecule has 11 aromatic rings. The highest BCUT2D eigenvalue weighted by Crippen LogP contribution is 2.46. The second-order valence-electron chi connectivity index (χ2n) is 11.8. The average Bonchev–Trinajstić information content (AvgIpc) is 3.83. The van der Waals surface area contributed by atoms with Crippen LogP contribution in [-0.4, -0.2) is 23.5 Å². The molecule has 0 saturated carbocycles. The molecule has 0 amide bonds. The van der Waals surface area contributed by atoms with Gasteiger partial charge in [0.1, 0.15) is 0 Å². The molecule has 45 heavy (non-hydrogen) atoms. The van der Waals surface area contributed by atoms with Crippen molar-refractivity contribution in [3.05, 3.63) is 140 Å².